The first kappa shape index (κ1) is 14.2. The highest BCUT2D eigenvalue weighted by Crippen LogP contribution is 2.20. The fraction of sp³-hybridized carbons (Fsp3) is 0.273. The Morgan fingerprint density at radius 2 is 2.11 bits per heavy atom. The molecule has 1 rings (SSSR count). The maximum absolute atomic E-state index is 12.2. The highest BCUT2D eigenvalue weighted by atomic mass is 32.2. The molecular formula is C11H13N3O3S. The molecule has 0 radical (unpaired) electrons. The van der Waals surface area contributed by atoms with Crippen molar-refractivity contribution in [3.8, 4) is 6.07 Å². The molecule has 0 bridgehead atoms. The zero-order valence-corrected chi connectivity index (χ0v) is 10.9. The summed E-state index contributed by atoms with van der Waals surface area (Å²) < 4.78 is 25.2. The topological polar surface area (TPSA) is 104 Å². The first-order valence-electron chi connectivity index (χ1n) is 5.04. The molecule has 0 aromatic heterocycles. The van der Waals surface area contributed by atoms with Crippen molar-refractivity contribution in [2.75, 3.05) is 13.6 Å². The molecule has 0 heterocycles. The lowest BCUT2D eigenvalue weighted by atomic mass is 10.2. The molecule has 1 aromatic carbocycles. The zero-order chi connectivity index (χ0) is 13.9. The molecule has 0 fully saturated rings. The van der Waals surface area contributed by atoms with E-state index in [0.717, 1.165) is 4.31 Å². The third-order valence-corrected chi connectivity index (χ3v) is 4.33. The number of aryl methyl sites for hydroxylation is 1. The molecular weight excluding hydrogens is 254 g/mol. The largest absolute Gasteiger partial charge is 0.369 e. The van der Waals surface area contributed by atoms with E-state index in [4.69, 9.17) is 11.0 Å². The minimum atomic E-state index is -3.82. The van der Waals surface area contributed by atoms with Crippen LogP contribution in [0.2, 0.25) is 0 Å². The van der Waals surface area contributed by atoms with E-state index in [1.807, 2.05) is 6.07 Å². The molecule has 0 atom stereocenters. The second-order valence-electron chi connectivity index (χ2n) is 3.82. The molecule has 2 N–H and O–H groups in total. The maximum atomic E-state index is 12.2. The molecule has 0 saturated carbocycles. The second kappa shape index (κ2) is 5.16. The lowest BCUT2D eigenvalue weighted by Gasteiger charge is -2.16. The minimum absolute atomic E-state index is 0.00491. The van der Waals surface area contributed by atoms with Crippen molar-refractivity contribution in [2.24, 2.45) is 5.73 Å². The Morgan fingerprint density at radius 3 is 2.61 bits per heavy atom. The SMILES string of the molecule is Cc1ccc(C#N)cc1S(=O)(=O)N(C)CC(N)=O. The van der Waals surface area contributed by atoms with Crippen LogP contribution in [0.5, 0.6) is 0 Å². The van der Waals surface area contributed by atoms with Crippen molar-refractivity contribution in [3.63, 3.8) is 0 Å². The molecule has 0 aliphatic carbocycles. The molecule has 0 aliphatic heterocycles. The van der Waals surface area contributed by atoms with Crippen molar-refractivity contribution in [1.29, 1.82) is 5.26 Å². The van der Waals surface area contributed by atoms with Gasteiger partial charge in [-0.3, -0.25) is 4.79 Å². The summed E-state index contributed by atoms with van der Waals surface area (Å²) in [5.41, 5.74) is 5.71. The fourth-order valence-electron chi connectivity index (χ4n) is 1.42. The van der Waals surface area contributed by atoms with E-state index < -0.39 is 22.5 Å². The van der Waals surface area contributed by atoms with Gasteiger partial charge < -0.3 is 5.73 Å². The van der Waals surface area contributed by atoms with Gasteiger partial charge in [-0.1, -0.05) is 6.07 Å². The highest BCUT2D eigenvalue weighted by molar-refractivity contribution is 7.89. The Bertz CT molecular complexity index is 617. The smallest absolute Gasteiger partial charge is 0.243 e. The molecule has 7 heteroatoms. The van der Waals surface area contributed by atoms with Crippen molar-refractivity contribution in [2.45, 2.75) is 11.8 Å². The molecule has 6 nitrogen and oxygen atoms in total. The summed E-state index contributed by atoms with van der Waals surface area (Å²) in [5.74, 6) is -0.741. The van der Waals surface area contributed by atoms with Crippen molar-refractivity contribution < 1.29 is 13.2 Å². The van der Waals surface area contributed by atoms with Gasteiger partial charge in [-0.25, -0.2) is 8.42 Å². The van der Waals surface area contributed by atoms with Gasteiger partial charge in [0, 0.05) is 7.05 Å². The van der Waals surface area contributed by atoms with E-state index in [-0.39, 0.29) is 10.5 Å². The van der Waals surface area contributed by atoms with Gasteiger partial charge in [0.05, 0.1) is 23.1 Å². The lowest BCUT2D eigenvalue weighted by Crippen LogP contribution is -2.35. The second-order valence-corrected chi connectivity index (χ2v) is 5.83. The van der Waals surface area contributed by atoms with E-state index >= 15 is 0 Å². The number of hydrogen-bond acceptors (Lipinski definition) is 4. The van der Waals surface area contributed by atoms with Gasteiger partial charge in [0.2, 0.25) is 15.9 Å². The summed E-state index contributed by atoms with van der Waals surface area (Å²) in [4.78, 5) is 10.8. The predicted molar refractivity (Wildman–Crippen MR) is 64.9 cm³/mol. The number of likely N-dealkylation sites (N-methyl/N-ethyl adjacent to an activating group) is 1. The third-order valence-electron chi connectivity index (χ3n) is 2.38. The van der Waals surface area contributed by atoms with E-state index in [1.165, 1.54) is 19.2 Å². The maximum Gasteiger partial charge on any atom is 0.243 e. The molecule has 18 heavy (non-hydrogen) atoms. The van der Waals surface area contributed by atoms with Crippen molar-refractivity contribution in [1.82, 2.24) is 4.31 Å². The predicted octanol–water partition coefficient (Wildman–Crippen LogP) is -0.0275. The first-order valence-corrected chi connectivity index (χ1v) is 6.48. The Hall–Kier alpha value is -1.91. The normalized spacial score (nSPS) is 11.2. The van der Waals surface area contributed by atoms with Gasteiger partial charge in [-0.2, -0.15) is 9.57 Å². The van der Waals surface area contributed by atoms with Crippen LogP contribution in [0.25, 0.3) is 0 Å². The van der Waals surface area contributed by atoms with Crippen LogP contribution in [-0.2, 0) is 14.8 Å². The monoisotopic (exact) mass is 267 g/mol. The number of sulfonamides is 1. The highest BCUT2D eigenvalue weighted by Gasteiger charge is 2.24. The van der Waals surface area contributed by atoms with Crippen LogP contribution >= 0.6 is 0 Å². The number of benzene rings is 1. The molecule has 1 amide bonds. The van der Waals surface area contributed by atoms with E-state index in [9.17, 15) is 13.2 Å². The summed E-state index contributed by atoms with van der Waals surface area (Å²) in [6, 6.07) is 6.23. The third kappa shape index (κ3) is 2.85. The van der Waals surface area contributed by atoms with Gasteiger partial charge in [0.15, 0.2) is 0 Å². The Balaban J connectivity index is 3.28. The van der Waals surface area contributed by atoms with Crippen LogP contribution in [0.3, 0.4) is 0 Å². The standard InChI is InChI=1S/C11H13N3O3S/c1-8-3-4-9(6-12)5-10(8)18(16,17)14(2)7-11(13)15/h3-5H,7H2,1-2H3,(H2,13,15). The number of amides is 1. The summed E-state index contributed by atoms with van der Waals surface area (Å²) >= 11 is 0. The van der Waals surface area contributed by atoms with Crippen LogP contribution in [0.15, 0.2) is 23.1 Å². The molecule has 1 aromatic rings. The van der Waals surface area contributed by atoms with E-state index in [2.05, 4.69) is 0 Å². The Morgan fingerprint density at radius 1 is 1.50 bits per heavy atom. The van der Waals surface area contributed by atoms with Gasteiger partial charge in [0.25, 0.3) is 0 Å². The fourth-order valence-corrected chi connectivity index (χ4v) is 2.80. The quantitative estimate of drug-likeness (QED) is 0.827. The van der Waals surface area contributed by atoms with Crippen LogP contribution < -0.4 is 5.73 Å². The van der Waals surface area contributed by atoms with Crippen molar-refractivity contribution in [3.05, 3.63) is 29.3 Å². The summed E-state index contributed by atoms with van der Waals surface area (Å²) in [6.07, 6.45) is 0. The average molecular weight is 267 g/mol. The summed E-state index contributed by atoms with van der Waals surface area (Å²) in [5, 5.41) is 8.77. The van der Waals surface area contributed by atoms with Crippen LogP contribution in [0.4, 0.5) is 0 Å². The summed E-state index contributed by atoms with van der Waals surface area (Å²) in [7, 11) is -2.55. The number of nitrogens with two attached hydrogens (primary N) is 1. The molecule has 0 unspecified atom stereocenters. The molecule has 0 spiro atoms. The van der Waals surface area contributed by atoms with Gasteiger partial charge in [-0.15, -0.1) is 0 Å². The molecule has 96 valence electrons. The summed E-state index contributed by atoms with van der Waals surface area (Å²) in [6.45, 7) is 1.21. The number of nitrogens with zero attached hydrogens (tertiary/aromatic N) is 2. The number of nitriles is 1. The number of hydrogen-bond donors (Lipinski definition) is 1. The van der Waals surface area contributed by atoms with Crippen LogP contribution in [-0.4, -0.2) is 32.2 Å². The minimum Gasteiger partial charge on any atom is -0.369 e. The van der Waals surface area contributed by atoms with Gasteiger partial charge >= 0.3 is 0 Å². The molecule has 0 aliphatic rings. The average Bonchev–Trinajstić information content (AvgIpc) is 2.28. The first-order chi connectivity index (χ1) is 8.28. The number of carbonyl (C=O) groups is 1. The zero-order valence-electron chi connectivity index (χ0n) is 10.0. The Kier molecular flexibility index (Phi) is 4.06. The Labute approximate surface area is 106 Å². The van der Waals surface area contributed by atoms with E-state index in [0.29, 0.717) is 5.56 Å². The number of primary amides is 1. The molecule has 0 saturated heterocycles. The number of carbonyl (C=O) groups excluding carboxylic acids is 1. The van der Waals surface area contributed by atoms with E-state index in [1.54, 1.807) is 13.0 Å². The van der Waals surface area contributed by atoms with Crippen molar-refractivity contribution >= 4 is 15.9 Å². The van der Waals surface area contributed by atoms with Gasteiger partial charge in [0.1, 0.15) is 0 Å². The lowest BCUT2D eigenvalue weighted by molar-refractivity contribution is -0.118. The van der Waals surface area contributed by atoms with Crippen LogP contribution in [0.1, 0.15) is 11.1 Å². The number of rotatable bonds is 4. The van der Waals surface area contributed by atoms with Crippen LogP contribution in [0, 0.1) is 18.3 Å². The van der Waals surface area contributed by atoms with Gasteiger partial charge in [-0.05, 0) is 24.6 Å².